The van der Waals surface area contributed by atoms with Gasteiger partial charge in [0.2, 0.25) is 0 Å². The number of aryl methyl sites for hydroxylation is 2. The first-order valence-corrected chi connectivity index (χ1v) is 11.4. The summed E-state index contributed by atoms with van der Waals surface area (Å²) >= 11 is 0. The Bertz CT molecular complexity index is 1110. The van der Waals surface area contributed by atoms with Gasteiger partial charge in [-0.3, -0.25) is 14.4 Å². The van der Waals surface area contributed by atoms with Gasteiger partial charge in [-0.2, -0.15) is 5.10 Å². The van der Waals surface area contributed by atoms with Crippen LogP contribution in [0.4, 0.5) is 0 Å². The molecule has 0 spiro atoms. The van der Waals surface area contributed by atoms with E-state index in [2.05, 4.69) is 35.2 Å². The third-order valence-electron chi connectivity index (χ3n) is 6.36. The first-order valence-electron chi connectivity index (χ1n) is 11.4. The van der Waals surface area contributed by atoms with Crippen LogP contribution >= 0.6 is 0 Å². The summed E-state index contributed by atoms with van der Waals surface area (Å²) in [5, 5.41) is 8.55. The Balaban J connectivity index is 1.66. The predicted molar refractivity (Wildman–Crippen MR) is 126 cm³/mol. The topological polar surface area (TPSA) is 72.3 Å². The molecular formula is C25H33N5O2. The molecule has 7 nitrogen and oxygen atoms in total. The molecule has 1 aromatic carbocycles. The van der Waals surface area contributed by atoms with Crippen LogP contribution in [0.1, 0.15) is 66.0 Å². The van der Waals surface area contributed by atoms with Gasteiger partial charge in [0.25, 0.3) is 5.91 Å². The minimum Gasteiger partial charge on any atom is -0.496 e. The molecule has 7 heteroatoms. The number of para-hydroxylation sites is 1. The number of amides is 1. The summed E-state index contributed by atoms with van der Waals surface area (Å²) in [6, 6.07) is 10.1. The zero-order valence-corrected chi connectivity index (χ0v) is 19.7. The molecule has 1 saturated heterocycles. The minimum atomic E-state index is -0.0884. The highest BCUT2D eigenvalue weighted by Crippen LogP contribution is 2.31. The summed E-state index contributed by atoms with van der Waals surface area (Å²) in [5.41, 5.74) is 4.21. The molecule has 3 heterocycles. The zero-order valence-electron chi connectivity index (χ0n) is 19.7. The average Bonchev–Trinajstić information content (AvgIpc) is 3.42. The van der Waals surface area contributed by atoms with Crippen LogP contribution in [-0.4, -0.2) is 52.3 Å². The standard InChI is InChI=1S/C25H33N5O2/c1-16(2)20-14-19(23-17(3)28-29(4)24(23)27-20)25(31)26-15-21(30-12-8-9-13-30)18-10-6-7-11-22(18)32-5/h6-7,10-11,14,16,21H,8-9,12-13,15H2,1-5H3,(H,26,31). The number of aromatic nitrogens is 3. The van der Waals surface area contributed by atoms with Crippen LogP contribution in [0, 0.1) is 6.92 Å². The molecule has 1 amide bonds. The first kappa shape index (κ1) is 22.3. The zero-order chi connectivity index (χ0) is 22.8. The Morgan fingerprint density at radius 2 is 1.94 bits per heavy atom. The second kappa shape index (κ2) is 9.28. The van der Waals surface area contributed by atoms with Crippen molar-refractivity contribution in [2.24, 2.45) is 7.05 Å². The molecule has 4 rings (SSSR count). The maximum atomic E-state index is 13.5. The second-order valence-corrected chi connectivity index (χ2v) is 8.87. The summed E-state index contributed by atoms with van der Waals surface area (Å²) in [4.78, 5) is 20.7. The van der Waals surface area contributed by atoms with Crippen LogP contribution in [0.15, 0.2) is 30.3 Å². The lowest BCUT2D eigenvalue weighted by Gasteiger charge is -2.29. The molecule has 0 radical (unpaired) electrons. The van der Waals surface area contributed by atoms with Crippen molar-refractivity contribution in [3.63, 3.8) is 0 Å². The Hall–Kier alpha value is -2.93. The van der Waals surface area contributed by atoms with E-state index in [0.717, 1.165) is 46.8 Å². The molecule has 0 saturated carbocycles. The largest absolute Gasteiger partial charge is 0.496 e. The Morgan fingerprint density at radius 3 is 2.62 bits per heavy atom. The van der Waals surface area contributed by atoms with E-state index < -0.39 is 0 Å². The average molecular weight is 436 g/mol. The molecule has 1 aliphatic rings. The number of carbonyl (C=O) groups is 1. The number of methoxy groups -OCH3 is 1. The number of nitrogens with zero attached hydrogens (tertiary/aromatic N) is 4. The van der Waals surface area contributed by atoms with E-state index in [9.17, 15) is 4.79 Å². The molecule has 170 valence electrons. The van der Waals surface area contributed by atoms with E-state index in [1.54, 1.807) is 11.8 Å². The van der Waals surface area contributed by atoms with Gasteiger partial charge in [-0.05, 0) is 50.9 Å². The lowest BCUT2D eigenvalue weighted by Crippen LogP contribution is -2.37. The van der Waals surface area contributed by atoms with Gasteiger partial charge in [-0.1, -0.05) is 32.0 Å². The van der Waals surface area contributed by atoms with Crippen LogP contribution in [-0.2, 0) is 7.05 Å². The summed E-state index contributed by atoms with van der Waals surface area (Å²) < 4.78 is 7.40. The van der Waals surface area contributed by atoms with Crippen molar-refractivity contribution in [3.8, 4) is 5.75 Å². The molecule has 1 unspecified atom stereocenters. The molecule has 32 heavy (non-hydrogen) atoms. The van der Waals surface area contributed by atoms with E-state index >= 15 is 0 Å². The predicted octanol–water partition coefficient (Wildman–Crippen LogP) is 3.98. The van der Waals surface area contributed by atoms with Crippen molar-refractivity contribution < 1.29 is 9.53 Å². The van der Waals surface area contributed by atoms with Crippen molar-refractivity contribution in [2.45, 2.75) is 45.6 Å². The number of rotatable bonds is 7. The van der Waals surface area contributed by atoms with E-state index in [1.807, 2.05) is 38.2 Å². The van der Waals surface area contributed by atoms with Gasteiger partial charge in [0.1, 0.15) is 5.75 Å². The fraction of sp³-hybridized carbons (Fsp3) is 0.480. The molecule has 1 fully saturated rings. The number of fused-ring (bicyclic) bond motifs is 1. The third kappa shape index (κ3) is 4.21. The van der Waals surface area contributed by atoms with Gasteiger partial charge in [-0.25, -0.2) is 4.98 Å². The number of hydrogen-bond donors (Lipinski definition) is 1. The quantitative estimate of drug-likeness (QED) is 0.608. The summed E-state index contributed by atoms with van der Waals surface area (Å²) in [6.45, 7) is 8.67. The molecule has 1 aliphatic heterocycles. The van der Waals surface area contributed by atoms with Gasteiger partial charge in [0.15, 0.2) is 5.65 Å². The van der Waals surface area contributed by atoms with Crippen molar-refractivity contribution in [2.75, 3.05) is 26.7 Å². The van der Waals surface area contributed by atoms with E-state index in [1.165, 1.54) is 12.8 Å². The van der Waals surface area contributed by atoms with E-state index in [-0.39, 0.29) is 17.9 Å². The van der Waals surface area contributed by atoms with Crippen molar-refractivity contribution in [3.05, 3.63) is 52.8 Å². The van der Waals surface area contributed by atoms with Crippen molar-refractivity contribution in [1.29, 1.82) is 0 Å². The maximum absolute atomic E-state index is 13.5. The van der Waals surface area contributed by atoms with Crippen LogP contribution < -0.4 is 10.1 Å². The van der Waals surface area contributed by atoms with Gasteiger partial charge in [-0.15, -0.1) is 0 Å². The summed E-state index contributed by atoms with van der Waals surface area (Å²) in [5.74, 6) is 0.983. The number of carbonyl (C=O) groups excluding carboxylic acids is 1. The highest BCUT2D eigenvalue weighted by atomic mass is 16.5. The van der Waals surface area contributed by atoms with Crippen LogP contribution in [0.25, 0.3) is 11.0 Å². The Kier molecular flexibility index (Phi) is 6.46. The normalized spacial score (nSPS) is 15.4. The number of ether oxygens (including phenoxy) is 1. The Morgan fingerprint density at radius 1 is 1.22 bits per heavy atom. The fourth-order valence-electron chi connectivity index (χ4n) is 4.65. The van der Waals surface area contributed by atoms with Crippen molar-refractivity contribution in [1.82, 2.24) is 25.0 Å². The summed E-state index contributed by atoms with van der Waals surface area (Å²) in [6.07, 6.45) is 2.36. The SMILES string of the molecule is COc1ccccc1C(CNC(=O)c1cc(C(C)C)nc2c1c(C)nn2C)N1CCCC1. The highest BCUT2D eigenvalue weighted by molar-refractivity contribution is 6.06. The number of benzene rings is 1. The number of pyridine rings is 1. The van der Waals surface area contributed by atoms with Crippen LogP contribution in [0.2, 0.25) is 0 Å². The van der Waals surface area contributed by atoms with E-state index in [0.29, 0.717) is 12.1 Å². The number of hydrogen-bond acceptors (Lipinski definition) is 5. The van der Waals surface area contributed by atoms with Gasteiger partial charge < -0.3 is 10.1 Å². The second-order valence-electron chi connectivity index (χ2n) is 8.87. The Labute approximate surface area is 189 Å². The lowest BCUT2D eigenvalue weighted by molar-refractivity contribution is 0.0938. The van der Waals surface area contributed by atoms with Crippen LogP contribution in [0.3, 0.4) is 0 Å². The van der Waals surface area contributed by atoms with Gasteiger partial charge in [0.05, 0.1) is 29.8 Å². The fourth-order valence-corrected chi connectivity index (χ4v) is 4.65. The minimum absolute atomic E-state index is 0.0643. The molecule has 1 atom stereocenters. The maximum Gasteiger partial charge on any atom is 0.252 e. The van der Waals surface area contributed by atoms with Crippen molar-refractivity contribution >= 4 is 16.9 Å². The highest BCUT2D eigenvalue weighted by Gasteiger charge is 2.27. The van der Waals surface area contributed by atoms with E-state index in [4.69, 9.17) is 9.72 Å². The smallest absolute Gasteiger partial charge is 0.252 e. The monoisotopic (exact) mass is 435 g/mol. The molecule has 0 bridgehead atoms. The molecule has 3 aromatic rings. The number of nitrogens with one attached hydrogen (secondary N) is 1. The molecule has 1 N–H and O–H groups in total. The lowest BCUT2D eigenvalue weighted by atomic mass is 10.0. The molecule has 2 aromatic heterocycles. The van der Waals surface area contributed by atoms with Gasteiger partial charge in [0, 0.05) is 24.8 Å². The third-order valence-corrected chi connectivity index (χ3v) is 6.36. The summed E-state index contributed by atoms with van der Waals surface area (Å²) in [7, 11) is 3.57. The molecular weight excluding hydrogens is 402 g/mol. The van der Waals surface area contributed by atoms with Gasteiger partial charge >= 0.3 is 0 Å². The number of likely N-dealkylation sites (tertiary alicyclic amines) is 1. The van der Waals surface area contributed by atoms with Crippen LogP contribution in [0.5, 0.6) is 5.75 Å². The molecule has 0 aliphatic carbocycles. The first-order chi connectivity index (χ1) is 15.4.